The monoisotopic (exact) mass is 216 g/mol. The number of unbranched alkanes of at least 4 members (excludes halogenated alkanes) is 7. The molecule has 0 aromatic rings. The number of nitrogens with two attached hydrogens (primary N) is 1. The fourth-order valence-corrected chi connectivity index (χ4v) is 1.99. The smallest absolute Gasteiger partial charge is 0.0201 e. The van der Waals surface area contributed by atoms with Crippen molar-refractivity contribution in [3.8, 4) is 0 Å². The summed E-state index contributed by atoms with van der Waals surface area (Å²) in [6.45, 7) is 2.10. The van der Waals surface area contributed by atoms with E-state index in [4.69, 9.17) is 5.73 Å². The van der Waals surface area contributed by atoms with Crippen molar-refractivity contribution in [2.45, 2.75) is 51.4 Å². The molecule has 2 nitrogen and oxygen atoms in total. The number of hydrogen-bond donors (Lipinski definition) is 2. The third-order valence-electron chi connectivity index (χ3n) is 2.56. The zero-order valence-corrected chi connectivity index (χ0v) is 11.9. The van der Waals surface area contributed by atoms with Gasteiger partial charge in [-0.15, -0.1) is 0 Å². The Labute approximate surface area is 92.4 Å². The highest BCUT2D eigenvalue weighted by molar-refractivity contribution is 6.08. The third kappa shape index (κ3) is 12.1. The number of rotatable bonds is 11. The minimum atomic E-state index is 0.867. The lowest BCUT2D eigenvalue weighted by Gasteiger charge is -2.02. The van der Waals surface area contributed by atoms with Crippen molar-refractivity contribution in [3.05, 3.63) is 0 Å². The summed E-state index contributed by atoms with van der Waals surface area (Å²) in [4.78, 5) is 0. The van der Waals surface area contributed by atoms with Crippen LogP contribution in [0.4, 0.5) is 0 Å². The van der Waals surface area contributed by atoms with Crippen LogP contribution in [0.1, 0.15) is 51.4 Å². The van der Waals surface area contributed by atoms with Gasteiger partial charge in [-0.25, -0.2) is 0 Å². The predicted octanol–water partition coefficient (Wildman–Crippen LogP) is 0.978. The van der Waals surface area contributed by atoms with Gasteiger partial charge in [0.2, 0.25) is 0 Å². The van der Waals surface area contributed by atoms with Crippen LogP contribution in [-0.4, -0.2) is 29.5 Å². The van der Waals surface area contributed by atoms with Gasteiger partial charge < -0.3 is 11.1 Å². The molecule has 0 saturated heterocycles. The van der Waals surface area contributed by atoms with Crippen LogP contribution in [-0.2, 0) is 0 Å². The molecule has 0 amide bonds. The lowest BCUT2D eigenvalue weighted by Crippen LogP contribution is -2.16. The SMILES string of the molecule is NCCCCCCCCCCNC[SiH3]. The van der Waals surface area contributed by atoms with Gasteiger partial charge in [0.05, 0.1) is 0 Å². The van der Waals surface area contributed by atoms with Crippen molar-refractivity contribution in [2.24, 2.45) is 5.73 Å². The number of nitrogens with one attached hydrogen (secondary N) is 1. The summed E-state index contributed by atoms with van der Waals surface area (Å²) in [6, 6.07) is 0. The Morgan fingerprint density at radius 1 is 0.786 bits per heavy atom. The molecule has 3 N–H and O–H groups in total. The van der Waals surface area contributed by atoms with E-state index in [0.717, 1.165) is 6.54 Å². The van der Waals surface area contributed by atoms with Gasteiger partial charge in [0.15, 0.2) is 0 Å². The van der Waals surface area contributed by atoms with Crippen LogP contribution in [0.15, 0.2) is 0 Å². The van der Waals surface area contributed by atoms with Gasteiger partial charge in [-0.2, -0.15) is 0 Å². The maximum Gasteiger partial charge on any atom is 0.0201 e. The highest BCUT2D eigenvalue weighted by Crippen LogP contribution is 2.07. The first-order valence-electron chi connectivity index (χ1n) is 6.32. The molecule has 0 aliphatic carbocycles. The van der Waals surface area contributed by atoms with Crippen molar-refractivity contribution in [1.82, 2.24) is 5.32 Å². The van der Waals surface area contributed by atoms with Gasteiger partial charge in [0.1, 0.15) is 0 Å². The van der Waals surface area contributed by atoms with E-state index >= 15 is 0 Å². The van der Waals surface area contributed by atoms with Crippen molar-refractivity contribution < 1.29 is 0 Å². The van der Waals surface area contributed by atoms with Gasteiger partial charge in [-0.05, 0) is 32.1 Å². The van der Waals surface area contributed by atoms with E-state index in [1.165, 1.54) is 74.3 Å². The molecule has 0 unspecified atom stereocenters. The first kappa shape index (κ1) is 14.1. The molecule has 86 valence electrons. The standard InChI is InChI=1S/C11H28N2Si/c12-9-7-5-3-1-2-4-6-8-10-13-11-14/h13H,1-12H2,14H3. The van der Waals surface area contributed by atoms with Gasteiger partial charge in [0, 0.05) is 10.2 Å². The molecule has 0 heterocycles. The first-order valence-corrected chi connectivity index (χ1v) is 7.74. The Morgan fingerprint density at radius 2 is 1.29 bits per heavy atom. The lowest BCUT2D eigenvalue weighted by atomic mass is 10.1. The second-order valence-electron chi connectivity index (χ2n) is 3.97. The summed E-state index contributed by atoms with van der Waals surface area (Å²) in [5.41, 5.74) is 5.43. The molecule has 0 aromatic carbocycles. The topological polar surface area (TPSA) is 38.0 Å². The van der Waals surface area contributed by atoms with Crippen LogP contribution in [0.3, 0.4) is 0 Å². The quantitative estimate of drug-likeness (QED) is 0.399. The fourth-order valence-electron chi connectivity index (χ4n) is 1.63. The van der Waals surface area contributed by atoms with Gasteiger partial charge in [-0.1, -0.05) is 38.5 Å². The average molecular weight is 216 g/mol. The van der Waals surface area contributed by atoms with Gasteiger partial charge in [0.25, 0.3) is 0 Å². The highest BCUT2D eigenvalue weighted by atomic mass is 28.1. The molecule has 14 heavy (non-hydrogen) atoms. The van der Waals surface area contributed by atoms with Crippen molar-refractivity contribution in [2.75, 3.05) is 19.3 Å². The van der Waals surface area contributed by atoms with Crippen LogP contribution in [0, 0.1) is 0 Å². The summed E-state index contributed by atoms with van der Waals surface area (Å²) < 4.78 is 0. The summed E-state index contributed by atoms with van der Waals surface area (Å²) in [5, 5.41) is 3.41. The molecule has 0 radical (unpaired) electrons. The lowest BCUT2D eigenvalue weighted by molar-refractivity contribution is 0.561. The largest absolute Gasteiger partial charge is 0.330 e. The zero-order chi connectivity index (χ0) is 10.5. The number of hydrogen-bond acceptors (Lipinski definition) is 2. The average Bonchev–Trinajstić information content (AvgIpc) is 2.21. The van der Waals surface area contributed by atoms with Crippen LogP contribution in [0.5, 0.6) is 0 Å². The van der Waals surface area contributed by atoms with Crippen LogP contribution < -0.4 is 11.1 Å². The fraction of sp³-hybridized carbons (Fsp3) is 1.00. The van der Waals surface area contributed by atoms with Crippen LogP contribution in [0.25, 0.3) is 0 Å². The molecule has 0 rings (SSSR count). The van der Waals surface area contributed by atoms with Gasteiger partial charge in [-0.3, -0.25) is 0 Å². The Bertz CT molecular complexity index is 87.3. The van der Waals surface area contributed by atoms with E-state index in [-0.39, 0.29) is 0 Å². The van der Waals surface area contributed by atoms with Crippen molar-refractivity contribution >= 4 is 10.2 Å². The second kappa shape index (κ2) is 13.1. The predicted molar refractivity (Wildman–Crippen MR) is 68.8 cm³/mol. The Kier molecular flexibility index (Phi) is 13.3. The van der Waals surface area contributed by atoms with Crippen molar-refractivity contribution in [1.29, 1.82) is 0 Å². The molecular formula is C11H28N2Si. The molecule has 0 saturated carbocycles. The second-order valence-corrected chi connectivity index (χ2v) is 4.68. The van der Waals surface area contributed by atoms with E-state index in [1.54, 1.807) is 0 Å². The first-order chi connectivity index (χ1) is 6.91. The van der Waals surface area contributed by atoms with E-state index in [9.17, 15) is 0 Å². The molecule has 0 aliphatic rings. The Balaban J connectivity index is 2.78. The molecule has 0 aliphatic heterocycles. The summed E-state index contributed by atoms with van der Waals surface area (Å²) in [6.07, 6.45) is 12.2. The normalized spacial score (nSPS) is 10.9. The minimum absolute atomic E-state index is 0.867. The Hall–Kier alpha value is 0.137. The minimum Gasteiger partial charge on any atom is -0.330 e. The molecule has 0 bridgehead atoms. The van der Waals surface area contributed by atoms with Crippen molar-refractivity contribution in [3.63, 3.8) is 0 Å². The summed E-state index contributed by atoms with van der Waals surface area (Å²) in [7, 11) is 1.29. The summed E-state index contributed by atoms with van der Waals surface area (Å²) >= 11 is 0. The van der Waals surface area contributed by atoms with E-state index < -0.39 is 0 Å². The molecule has 0 fully saturated rings. The molecule has 3 heteroatoms. The Morgan fingerprint density at radius 3 is 1.79 bits per heavy atom. The molecule has 0 aromatic heterocycles. The maximum absolute atomic E-state index is 5.43. The van der Waals surface area contributed by atoms with E-state index in [2.05, 4.69) is 5.32 Å². The van der Waals surface area contributed by atoms with E-state index in [1.807, 2.05) is 0 Å². The molecule has 0 spiro atoms. The van der Waals surface area contributed by atoms with E-state index in [0.29, 0.717) is 0 Å². The molecule has 0 atom stereocenters. The van der Waals surface area contributed by atoms with Crippen LogP contribution >= 0.6 is 0 Å². The maximum atomic E-state index is 5.43. The molecular weight excluding hydrogens is 188 g/mol. The summed E-state index contributed by atoms with van der Waals surface area (Å²) in [5.74, 6) is 0. The highest BCUT2D eigenvalue weighted by Gasteiger charge is 1.91. The third-order valence-corrected chi connectivity index (χ3v) is 3.06. The van der Waals surface area contributed by atoms with Crippen LogP contribution in [0.2, 0.25) is 0 Å². The van der Waals surface area contributed by atoms with Gasteiger partial charge >= 0.3 is 0 Å². The zero-order valence-electron chi connectivity index (χ0n) is 9.86.